The Balaban J connectivity index is 2.45. The molecule has 0 saturated carbocycles. The van der Waals surface area contributed by atoms with Crippen molar-refractivity contribution in [3.05, 3.63) is 0 Å². The Bertz CT molecular complexity index is 257. The largest absolute Gasteiger partial charge is 0.480 e. The molecule has 0 aromatic heterocycles. The first-order valence-corrected chi connectivity index (χ1v) is 6.85. The van der Waals surface area contributed by atoms with Crippen LogP contribution in [0.25, 0.3) is 0 Å². The van der Waals surface area contributed by atoms with Gasteiger partial charge in [-0.2, -0.15) is 0 Å². The normalized spacial score (nSPS) is 23.2. The molecule has 1 fully saturated rings. The third-order valence-corrected chi connectivity index (χ3v) is 3.14. The van der Waals surface area contributed by atoms with E-state index in [0.29, 0.717) is 6.54 Å². The van der Waals surface area contributed by atoms with E-state index >= 15 is 0 Å². The van der Waals surface area contributed by atoms with Crippen LogP contribution in [0.1, 0.15) is 33.6 Å². The van der Waals surface area contributed by atoms with Gasteiger partial charge in [0, 0.05) is 25.7 Å². The highest BCUT2D eigenvalue weighted by Gasteiger charge is 2.26. The molecule has 1 aliphatic heterocycles. The molecule has 0 aliphatic carbocycles. The Morgan fingerprint density at radius 1 is 1.56 bits per heavy atom. The number of carboxylic acid groups (broad SMARTS) is 1. The van der Waals surface area contributed by atoms with E-state index in [9.17, 15) is 9.90 Å². The fourth-order valence-electron chi connectivity index (χ4n) is 2.41. The standard InChI is InChI=1S/C13H26N2O3/c1-4-18-11-6-5-7-15(8-11)9-12(13(16)17)14-10(2)3/h10-12,14H,4-9H2,1-3H3,(H,16,17). The zero-order valence-electron chi connectivity index (χ0n) is 11.7. The molecule has 1 heterocycles. The van der Waals surface area contributed by atoms with Crippen molar-refractivity contribution < 1.29 is 14.6 Å². The second-order valence-electron chi connectivity index (χ2n) is 5.19. The van der Waals surface area contributed by atoms with E-state index in [4.69, 9.17) is 4.74 Å². The Morgan fingerprint density at radius 3 is 2.83 bits per heavy atom. The number of hydrogen-bond acceptors (Lipinski definition) is 4. The molecule has 0 radical (unpaired) electrons. The lowest BCUT2D eigenvalue weighted by molar-refractivity contribution is -0.140. The highest BCUT2D eigenvalue weighted by atomic mass is 16.5. The van der Waals surface area contributed by atoms with Gasteiger partial charge < -0.3 is 15.2 Å². The fourth-order valence-corrected chi connectivity index (χ4v) is 2.41. The highest BCUT2D eigenvalue weighted by molar-refractivity contribution is 5.73. The molecule has 0 spiro atoms. The van der Waals surface area contributed by atoms with Gasteiger partial charge in [0.1, 0.15) is 6.04 Å². The van der Waals surface area contributed by atoms with Crippen LogP contribution < -0.4 is 5.32 Å². The van der Waals surface area contributed by atoms with Gasteiger partial charge in [0.2, 0.25) is 0 Å². The van der Waals surface area contributed by atoms with E-state index in [-0.39, 0.29) is 12.1 Å². The minimum absolute atomic E-state index is 0.179. The predicted octanol–water partition coefficient (Wildman–Crippen LogP) is 0.939. The summed E-state index contributed by atoms with van der Waals surface area (Å²) in [7, 11) is 0. The average Bonchev–Trinajstić information content (AvgIpc) is 2.28. The highest BCUT2D eigenvalue weighted by Crippen LogP contribution is 2.13. The van der Waals surface area contributed by atoms with Crippen molar-refractivity contribution in [2.45, 2.75) is 51.8 Å². The molecule has 5 nitrogen and oxygen atoms in total. The van der Waals surface area contributed by atoms with Crippen molar-refractivity contribution in [1.29, 1.82) is 0 Å². The van der Waals surface area contributed by atoms with Crippen LogP contribution in [0.3, 0.4) is 0 Å². The van der Waals surface area contributed by atoms with E-state index in [1.165, 1.54) is 0 Å². The molecule has 0 aromatic rings. The molecule has 2 atom stereocenters. The summed E-state index contributed by atoms with van der Waals surface area (Å²) in [5.41, 5.74) is 0. The van der Waals surface area contributed by atoms with Gasteiger partial charge in [0.25, 0.3) is 0 Å². The average molecular weight is 258 g/mol. The maximum absolute atomic E-state index is 11.2. The third kappa shape index (κ3) is 5.33. The minimum Gasteiger partial charge on any atom is -0.480 e. The molecule has 1 saturated heterocycles. The summed E-state index contributed by atoms with van der Waals surface area (Å²) in [5, 5.41) is 12.3. The minimum atomic E-state index is -0.776. The lowest BCUT2D eigenvalue weighted by Gasteiger charge is -2.34. The lowest BCUT2D eigenvalue weighted by Crippen LogP contribution is -2.51. The van der Waals surface area contributed by atoms with Gasteiger partial charge in [0.05, 0.1) is 6.10 Å². The number of piperidine rings is 1. The molecule has 1 aliphatic rings. The maximum Gasteiger partial charge on any atom is 0.322 e. The quantitative estimate of drug-likeness (QED) is 0.711. The van der Waals surface area contributed by atoms with Crippen LogP contribution in [0, 0.1) is 0 Å². The summed E-state index contributed by atoms with van der Waals surface area (Å²) < 4.78 is 5.63. The number of hydrogen-bond donors (Lipinski definition) is 2. The van der Waals surface area contributed by atoms with Gasteiger partial charge in [-0.25, -0.2) is 0 Å². The van der Waals surface area contributed by atoms with Crippen LogP contribution in [-0.2, 0) is 9.53 Å². The van der Waals surface area contributed by atoms with E-state index in [0.717, 1.165) is 32.5 Å². The topological polar surface area (TPSA) is 61.8 Å². The fraction of sp³-hybridized carbons (Fsp3) is 0.923. The molecule has 18 heavy (non-hydrogen) atoms. The Hall–Kier alpha value is -0.650. The predicted molar refractivity (Wildman–Crippen MR) is 70.8 cm³/mol. The molecular formula is C13H26N2O3. The number of aliphatic carboxylic acids is 1. The molecule has 0 aromatic carbocycles. The second-order valence-corrected chi connectivity index (χ2v) is 5.19. The first-order valence-electron chi connectivity index (χ1n) is 6.85. The SMILES string of the molecule is CCOC1CCCN(CC(NC(C)C)C(=O)O)C1. The molecule has 0 amide bonds. The van der Waals surface area contributed by atoms with Crippen LogP contribution in [0.4, 0.5) is 0 Å². The van der Waals surface area contributed by atoms with Crippen LogP contribution in [0.15, 0.2) is 0 Å². The second kappa shape index (κ2) is 7.71. The lowest BCUT2D eigenvalue weighted by atomic mass is 10.1. The number of likely N-dealkylation sites (tertiary alicyclic amines) is 1. The van der Waals surface area contributed by atoms with E-state index in [2.05, 4.69) is 10.2 Å². The van der Waals surface area contributed by atoms with E-state index in [1.807, 2.05) is 20.8 Å². The molecule has 0 bridgehead atoms. The van der Waals surface area contributed by atoms with Crippen molar-refractivity contribution in [1.82, 2.24) is 10.2 Å². The van der Waals surface area contributed by atoms with Crippen molar-refractivity contribution in [2.75, 3.05) is 26.2 Å². The van der Waals surface area contributed by atoms with Crippen molar-refractivity contribution in [2.24, 2.45) is 0 Å². The zero-order valence-corrected chi connectivity index (χ0v) is 11.7. The van der Waals surface area contributed by atoms with Crippen LogP contribution in [0.5, 0.6) is 0 Å². The van der Waals surface area contributed by atoms with Gasteiger partial charge in [0.15, 0.2) is 0 Å². The molecule has 2 unspecified atom stereocenters. The monoisotopic (exact) mass is 258 g/mol. The number of nitrogens with zero attached hydrogens (tertiary/aromatic N) is 1. The van der Waals surface area contributed by atoms with Gasteiger partial charge >= 0.3 is 5.97 Å². The van der Waals surface area contributed by atoms with Crippen molar-refractivity contribution in [3.8, 4) is 0 Å². The Kier molecular flexibility index (Phi) is 6.60. The van der Waals surface area contributed by atoms with Crippen molar-refractivity contribution in [3.63, 3.8) is 0 Å². The van der Waals surface area contributed by atoms with E-state index < -0.39 is 12.0 Å². The molecule has 106 valence electrons. The molecule has 2 N–H and O–H groups in total. The summed E-state index contributed by atoms with van der Waals surface area (Å²) in [5.74, 6) is -0.776. The third-order valence-electron chi connectivity index (χ3n) is 3.14. The molecule has 1 rings (SSSR count). The number of carbonyl (C=O) groups is 1. The van der Waals surface area contributed by atoms with Crippen molar-refractivity contribution >= 4 is 5.97 Å². The van der Waals surface area contributed by atoms with Gasteiger partial charge in [-0.1, -0.05) is 13.8 Å². The first-order chi connectivity index (χ1) is 8.52. The Labute approximate surface area is 109 Å². The van der Waals surface area contributed by atoms with Gasteiger partial charge in [-0.05, 0) is 26.3 Å². The molecular weight excluding hydrogens is 232 g/mol. The van der Waals surface area contributed by atoms with Gasteiger partial charge in [-0.15, -0.1) is 0 Å². The summed E-state index contributed by atoms with van der Waals surface area (Å²) in [6.45, 7) is 9.02. The summed E-state index contributed by atoms with van der Waals surface area (Å²) >= 11 is 0. The number of nitrogens with one attached hydrogen (secondary N) is 1. The Morgan fingerprint density at radius 2 is 2.28 bits per heavy atom. The number of rotatable bonds is 7. The zero-order chi connectivity index (χ0) is 13.5. The van der Waals surface area contributed by atoms with Crippen LogP contribution in [-0.4, -0.2) is 60.4 Å². The number of ether oxygens (including phenoxy) is 1. The number of carboxylic acids is 1. The van der Waals surface area contributed by atoms with Gasteiger partial charge in [-0.3, -0.25) is 9.69 Å². The van der Waals surface area contributed by atoms with Crippen LogP contribution in [0.2, 0.25) is 0 Å². The first kappa shape index (κ1) is 15.4. The summed E-state index contributed by atoms with van der Waals surface area (Å²) in [6, 6.07) is -0.316. The summed E-state index contributed by atoms with van der Waals surface area (Å²) in [4.78, 5) is 13.4. The smallest absolute Gasteiger partial charge is 0.322 e. The summed E-state index contributed by atoms with van der Waals surface area (Å²) in [6.07, 6.45) is 2.43. The molecule has 5 heteroatoms. The maximum atomic E-state index is 11.2. The van der Waals surface area contributed by atoms with Crippen LogP contribution >= 0.6 is 0 Å². The van der Waals surface area contributed by atoms with E-state index in [1.54, 1.807) is 0 Å².